The van der Waals surface area contributed by atoms with Gasteiger partial charge in [-0.25, -0.2) is 9.80 Å². The summed E-state index contributed by atoms with van der Waals surface area (Å²) >= 11 is 0. The van der Waals surface area contributed by atoms with Gasteiger partial charge in [-0.1, -0.05) is 0 Å². The van der Waals surface area contributed by atoms with Crippen LogP contribution in [0.5, 0.6) is 0 Å². The first kappa shape index (κ1) is 14.0. The third-order valence-corrected chi connectivity index (χ3v) is 2.72. The summed E-state index contributed by atoms with van der Waals surface area (Å²) in [6, 6.07) is 4.87. The monoisotopic (exact) mass is 286 g/mol. The van der Waals surface area contributed by atoms with Crippen molar-refractivity contribution in [1.82, 2.24) is 0 Å². The number of hydrogen-bond acceptors (Lipinski definition) is 3. The number of hydrogen-bond donors (Lipinski definition) is 1. The van der Waals surface area contributed by atoms with Gasteiger partial charge in [-0.15, -0.1) is 0 Å². The lowest BCUT2D eigenvalue weighted by Gasteiger charge is -2.24. The van der Waals surface area contributed by atoms with E-state index in [4.69, 9.17) is 5.11 Å². The van der Waals surface area contributed by atoms with Crippen LogP contribution in [-0.2, 0) is 4.79 Å². The Kier molecular flexibility index (Phi) is 3.47. The molecule has 0 spiro atoms. The number of benzene rings is 1. The molecule has 0 saturated heterocycles. The van der Waals surface area contributed by atoms with Crippen molar-refractivity contribution in [3.8, 4) is 0 Å². The zero-order valence-corrected chi connectivity index (χ0v) is 10.0. The Hall–Kier alpha value is -2.38. The van der Waals surface area contributed by atoms with Crippen molar-refractivity contribution in [1.29, 1.82) is 0 Å². The van der Waals surface area contributed by atoms with E-state index in [1.54, 1.807) is 0 Å². The minimum absolute atomic E-state index is 0.0294. The van der Waals surface area contributed by atoms with Gasteiger partial charge in [0, 0.05) is 12.8 Å². The van der Waals surface area contributed by atoms with Crippen molar-refractivity contribution in [3.63, 3.8) is 0 Å². The normalized spacial score (nSPS) is 16.1. The van der Waals surface area contributed by atoms with Gasteiger partial charge in [-0.3, -0.25) is 4.79 Å². The molecule has 20 heavy (non-hydrogen) atoms. The highest BCUT2D eigenvalue weighted by atomic mass is 19.4. The van der Waals surface area contributed by atoms with Gasteiger partial charge in [-0.2, -0.15) is 18.3 Å². The van der Waals surface area contributed by atoms with E-state index in [9.17, 15) is 22.8 Å². The van der Waals surface area contributed by atoms with E-state index < -0.39 is 30.2 Å². The SMILES string of the molecule is O=C(O)c1ccc(N2N=C(C(F)(F)F)CCC2=O)cc1. The molecule has 5 nitrogen and oxygen atoms in total. The minimum atomic E-state index is -4.58. The zero-order chi connectivity index (χ0) is 14.9. The quantitative estimate of drug-likeness (QED) is 0.907. The van der Waals surface area contributed by atoms with Gasteiger partial charge >= 0.3 is 12.1 Å². The molecule has 0 aliphatic carbocycles. The number of hydrazone groups is 1. The topological polar surface area (TPSA) is 70.0 Å². The first-order valence-corrected chi connectivity index (χ1v) is 5.60. The van der Waals surface area contributed by atoms with Crippen LogP contribution < -0.4 is 5.01 Å². The molecule has 0 aromatic heterocycles. The molecule has 1 aliphatic heterocycles. The fourth-order valence-corrected chi connectivity index (χ4v) is 1.70. The average Bonchev–Trinajstić information content (AvgIpc) is 2.38. The van der Waals surface area contributed by atoms with Gasteiger partial charge in [-0.05, 0) is 24.3 Å². The Balaban J connectivity index is 2.34. The van der Waals surface area contributed by atoms with E-state index in [-0.39, 0.29) is 17.7 Å². The van der Waals surface area contributed by atoms with E-state index in [2.05, 4.69) is 5.10 Å². The third-order valence-electron chi connectivity index (χ3n) is 2.72. The minimum Gasteiger partial charge on any atom is -0.478 e. The van der Waals surface area contributed by atoms with Crippen LogP contribution in [0.4, 0.5) is 18.9 Å². The smallest absolute Gasteiger partial charge is 0.431 e. The highest BCUT2D eigenvalue weighted by Crippen LogP contribution is 2.27. The second kappa shape index (κ2) is 4.95. The van der Waals surface area contributed by atoms with Gasteiger partial charge in [0.1, 0.15) is 5.71 Å². The van der Waals surface area contributed by atoms with Gasteiger partial charge < -0.3 is 5.11 Å². The summed E-state index contributed by atoms with van der Waals surface area (Å²) in [6.07, 6.45) is -5.33. The Morgan fingerprint density at radius 3 is 2.30 bits per heavy atom. The van der Waals surface area contributed by atoms with Crippen molar-refractivity contribution < 1.29 is 27.9 Å². The summed E-state index contributed by atoms with van der Waals surface area (Å²) in [7, 11) is 0. The molecule has 1 heterocycles. The molecular weight excluding hydrogens is 277 g/mol. The Morgan fingerprint density at radius 2 is 1.80 bits per heavy atom. The van der Waals surface area contributed by atoms with E-state index in [1.807, 2.05) is 0 Å². The van der Waals surface area contributed by atoms with Crippen LogP contribution in [-0.4, -0.2) is 28.9 Å². The van der Waals surface area contributed by atoms with Gasteiger partial charge in [0.15, 0.2) is 0 Å². The highest BCUT2D eigenvalue weighted by molar-refractivity contribution is 6.03. The van der Waals surface area contributed by atoms with Gasteiger partial charge in [0.25, 0.3) is 0 Å². The number of nitrogens with zero attached hydrogens (tertiary/aromatic N) is 2. The second-order valence-corrected chi connectivity index (χ2v) is 4.10. The largest absolute Gasteiger partial charge is 0.478 e. The van der Waals surface area contributed by atoms with Crippen molar-refractivity contribution in [2.45, 2.75) is 19.0 Å². The van der Waals surface area contributed by atoms with Crippen molar-refractivity contribution in [2.75, 3.05) is 5.01 Å². The Bertz CT molecular complexity index is 579. The van der Waals surface area contributed by atoms with E-state index in [0.29, 0.717) is 5.01 Å². The standard InChI is InChI=1S/C12H9F3N2O3/c13-12(14,15)9-5-6-10(18)17(16-9)8-3-1-7(2-4-8)11(19)20/h1-4H,5-6H2,(H,19,20). The highest BCUT2D eigenvalue weighted by Gasteiger charge is 2.39. The fraction of sp³-hybridized carbons (Fsp3) is 0.250. The first-order valence-electron chi connectivity index (χ1n) is 5.60. The van der Waals surface area contributed by atoms with Crippen LogP contribution in [0, 0.1) is 0 Å². The maximum absolute atomic E-state index is 12.6. The molecule has 1 amide bonds. The molecule has 0 radical (unpaired) electrons. The molecular formula is C12H9F3N2O3. The second-order valence-electron chi connectivity index (χ2n) is 4.10. The number of carbonyl (C=O) groups excluding carboxylic acids is 1. The lowest BCUT2D eigenvalue weighted by atomic mass is 10.1. The molecule has 1 aromatic rings. The molecule has 2 rings (SSSR count). The number of amides is 1. The molecule has 0 atom stereocenters. The van der Waals surface area contributed by atoms with Crippen LogP contribution in [0.1, 0.15) is 23.2 Å². The first-order chi connectivity index (χ1) is 9.29. The summed E-state index contributed by atoms with van der Waals surface area (Å²) < 4.78 is 37.7. The Morgan fingerprint density at radius 1 is 1.20 bits per heavy atom. The molecule has 106 valence electrons. The average molecular weight is 286 g/mol. The lowest BCUT2D eigenvalue weighted by Crippen LogP contribution is -2.37. The maximum atomic E-state index is 12.6. The van der Waals surface area contributed by atoms with Gasteiger partial charge in [0.05, 0.1) is 11.3 Å². The Labute approximate surface area is 111 Å². The van der Waals surface area contributed by atoms with E-state index in [0.717, 1.165) is 0 Å². The number of carboxylic acid groups (broad SMARTS) is 1. The fourth-order valence-electron chi connectivity index (χ4n) is 1.70. The predicted octanol–water partition coefficient (Wildman–Crippen LogP) is 2.43. The molecule has 1 aliphatic rings. The molecule has 8 heteroatoms. The van der Waals surface area contributed by atoms with E-state index >= 15 is 0 Å². The molecule has 1 N–H and O–H groups in total. The van der Waals surface area contributed by atoms with Crippen LogP contribution in [0.2, 0.25) is 0 Å². The number of carbonyl (C=O) groups is 2. The number of rotatable bonds is 2. The molecule has 1 aromatic carbocycles. The third kappa shape index (κ3) is 2.79. The maximum Gasteiger partial charge on any atom is 0.431 e. The summed E-state index contributed by atoms with van der Waals surface area (Å²) in [4.78, 5) is 22.3. The molecule has 0 unspecified atom stereocenters. The van der Waals surface area contributed by atoms with Crippen LogP contribution in [0.15, 0.2) is 29.4 Å². The lowest BCUT2D eigenvalue weighted by molar-refractivity contribution is -0.119. The molecule has 0 saturated carbocycles. The van der Waals surface area contributed by atoms with Crippen molar-refractivity contribution >= 4 is 23.3 Å². The summed E-state index contributed by atoms with van der Waals surface area (Å²) in [5.41, 5.74) is -0.959. The summed E-state index contributed by atoms with van der Waals surface area (Å²) in [5.74, 6) is -1.73. The van der Waals surface area contributed by atoms with Crippen LogP contribution in [0.3, 0.4) is 0 Å². The van der Waals surface area contributed by atoms with Crippen molar-refractivity contribution in [2.24, 2.45) is 5.10 Å². The zero-order valence-electron chi connectivity index (χ0n) is 10.0. The molecule has 0 fully saturated rings. The number of alkyl halides is 3. The summed E-state index contributed by atoms with van der Waals surface area (Å²) in [6.45, 7) is 0. The number of carboxylic acids is 1. The van der Waals surface area contributed by atoms with Gasteiger partial charge in [0.2, 0.25) is 5.91 Å². The summed E-state index contributed by atoms with van der Waals surface area (Å²) in [5, 5.41) is 12.7. The van der Waals surface area contributed by atoms with Crippen LogP contribution in [0.25, 0.3) is 0 Å². The predicted molar refractivity (Wildman–Crippen MR) is 63.6 cm³/mol. The van der Waals surface area contributed by atoms with Crippen molar-refractivity contribution in [3.05, 3.63) is 29.8 Å². The van der Waals surface area contributed by atoms with Crippen LogP contribution >= 0.6 is 0 Å². The number of anilines is 1. The molecule has 0 bridgehead atoms. The number of halogens is 3. The number of aromatic carboxylic acids is 1. The van der Waals surface area contributed by atoms with E-state index in [1.165, 1.54) is 24.3 Å².